The molecule has 0 saturated carbocycles. The van der Waals surface area contributed by atoms with Crippen molar-refractivity contribution in [1.29, 1.82) is 0 Å². The van der Waals surface area contributed by atoms with Crippen molar-refractivity contribution in [3.05, 3.63) is 43.0 Å². The molecule has 23 heavy (non-hydrogen) atoms. The fraction of sp³-hybridized carbons (Fsp3) is 0.526. The molecule has 1 heterocycles. The van der Waals surface area contributed by atoms with Crippen LogP contribution in [0.2, 0.25) is 0 Å². The number of rotatable bonds is 8. The molecule has 1 aromatic carbocycles. The standard InChI is InChI=1S/C19H27NO3/c1-2-11-19(16-21)12-7-13-20(15-19)18(22)10-6-14-23-17-8-4-3-5-9-17/h2-5,8-9,21H,1,6-7,10-16H2/t19-/m1/s1. The molecule has 1 fully saturated rings. The highest BCUT2D eigenvalue weighted by atomic mass is 16.5. The number of carbonyl (C=O) groups is 1. The van der Waals surface area contributed by atoms with E-state index in [1.54, 1.807) is 0 Å². The molecule has 1 N–H and O–H groups in total. The van der Waals surface area contributed by atoms with Crippen LogP contribution in [0.5, 0.6) is 5.75 Å². The Labute approximate surface area is 138 Å². The van der Waals surface area contributed by atoms with Crippen LogP contribution in [0.1, 0.15) is 32.1 Å². The second-order valence-corrected chi connectivity index (χ2v) is 6.33. The number of likely N-dealkylation sites (tertiary alicyclic amines) is 1. The average Bonchev–Trinajstić information content (AvgIpc) is 2.60. The first-order chi connectivity index (χ1) is 11.2. The summed E-state index contributed by atoms with van der Waals surface area (Å²) in [5.41, 5.74) is -0.198. The maximum atomic E-state index is 12.4. The van der Waals surface area contributed by atoms with Gasteiger partial charge in [-0.2, -0.15) is 0 Å². The second kappa shape index (κ2) is 8.73. The molecule has 0 unspecified atom stereocenters. The van der Waals surface area contributed by atoms with E-state index in [0.717, 1.165) is 31.6 Å². The topological polar surface area (TPSA) is 49.8 Å². The number of benzene rings is 1. The lowest BCUT2D eigenvalue weighted by Crippen LogP contribution is -2.47. The summed E-state index contributed by atoms with van der Waals surface area (Å²) in [6, 6.07) is 9.64. The van der Waals surface area contributed by atoms with Crippen LogP contribution >= 0.6 is 0 Å². The summed E-state index contributed by atoms with van der Waals surface area (Å²) in [6.45, 7) is 5.85. The fourth-order valence-corrected chi connectivity index (χ4v) is 3.18. The van der Waals surface area contributed by atoms with Gasteiger partial charge >= 0.3 is 0 Å². The molecule has 1 atom stereocenters. The Morgan fingerprint density at radius 1 is 1.39 bits per heavy atom. The van der Waals surface area contributed by atoms with Crippen LogP contribution in [0.4, 0.5) is 0 Å². The van der Waals surface area contributed by atoms with Gasteiger partial charge in [0.1, 0.15) is 5.75 Å². The average molecular weight is 317 g/mol. The maximum Gasteiger partial charge on any atom is 0.222 e. The van der Waals surface area contributed by atoms with E-state index in [1.807, 2.05) is 41.3 Å². The van der Waals surface area contributed by atoms with Crippen LogP contribution in [0.3, 0.4) is 0 Å². The molecule has 1 aliphatic heterocycles. The lowest BCUT2D eigenvalue weighted by atomic mass is 9.77. The van der Waals surface area contributed by atoms with Crippen LogP contribution in [-0.4, -0.2) is 42.2 Å². The number of carbonyl (C=O) groups excluding carboxylic acids is 1. The van der Waals surface area contributed by atoms with Crippen LogP contribution in [-0.2, 0) is 4.79 Å². The zero-order valence-corrected chi connectivity index (χ0v) is 13.7. The Balaban J connectivity index is 1.75. The molecule has 0 spiro atoms. The Kier molecular flexibility index (Phi) is 6.66. The largest absolute Gasteiger partial charge is 0.494 e. The van der Waals surface area contributed by atoms with E-state index in [0.29, 0.717) is 26.0 Å². The number of piperidine rings is 1. The number of nitrogens with zero attached hydrogens (tertiary/aromatic N) is 1. The van der Waals surface area contributed by atoms with E-state index in [9.17, 15) is 9.90 Å². The van der Waals surface area contributed by atoms with Crippen molar-refractivity contribution in [2.75, 3.05) is 26.3 Å². The molecule has 0 bridgehead atoms. The van der Waals surface area contributed by atoms with Gasteiger partial charge in [-0.15, -0.1) is 6.58 Å². The third kappa shape index (κ3) is 5.10. The Bertz CT molecular complexity index is 503. The van der Waals surface area contributed by atoms with E-state index in [4.69, 9.17) is 4.74 Å². The number of hydrogen-bond acceptors (Lipinski definition) is 3. The van der Waals surface area contributed by atoms with Gasteiger partial charge in [0.05, 0.1) is 13.2 Å². The Morgan fingerprint density at radius 3 is 2.87 bits per heavy atom. The lowest BCUT2D eigenvalue weighted by molar-refractivity contribution is -0.135. The second-order valence-electron chi connectivity index (χ2n) is 6.33. The van der Waals surface area contributed by atoms with E-state index in [1.165, 1.54) is 0 Å². The molecule has 126 valence electrons. The van der Waals surface area contributed by atoms with Crippen molar-refractivity contribution in [2.24, 2.45) is 5.41 Å². The first kappa shape index (κ1) is 17.5. The highest BCUT2D eigenvalue weighted by molar-refractivity contribution is 5.76. The van der Waals surface area contributed by atoms with Crippen LogP contribution in [0.25, 0.3) is 0 Å². The highest BCUT2D eigenvalue weighted by Crippen LogP contribution is 2.33. The van der Waals surface area contributed by atoms with Crippen molar-refractivity contribution in [2.45, 2.75) is 32.1 Å². The molecule has 0 aromatic heterocycles. The summed E-state index contributed by atoms with van der Waals surface area (Å²) in [5.74, 6) is 0.992. The summed E-state index contributed by atoms with van der Waals surface area (Å²) in [5, 5.41) is 9.71. The van der Waals surface area contributed by atoms with Gasteiger partial charge in [-0.1, -0.05) is 24.3 Å². The quantitative estimate of drug-likeness (QED) is 0.592. The zero-order valence-electron chi connectivity index (χ0n) is 13.7. The summed E-state index contributed by atoms with van der Waals surface area (Å²) in [6.07, 6.45) is 5.69. The molecule has 0 aliphatic carbocycles. The van der Waals surface area contributed by atoms with Crippen LogP contribution < -0.4 is 4.74 Å². The van der Waals surface area contributed by atoms with Gasteiger partial charge < -0.3 is 14.7 Å². The number of aliphatic hydroxyl groups is 1. The first-order valence-corrected chi connectivity index (χ1v) is 8.36. The lowest BCUT2D eigenvalue weighted by Gasteiger charge is -2.41. The minimum absolute atomic E-state index is 0.111. The molecular weight excluding hydrogens is 290 g/mol. The van der Waals surface area contributed by atoms with Crippen LogP contribution in [0.15, 0.2) is 43.0 Å². The number of aliphatic hydroxyl groups excluding tert-OH is 1. The molecule has 4 nitrogen and oxygen atoms in total. The molecule has 0 radical (unpaired) electrons. The SMILES string of the molecule is C=CC[C@@]1(CO)CCCN(C(=O)CCCOc2ccccc2)C1. The monoisotopic (exact) mass is 317 g/mol. The predicted octanol–water partition coefficient (Wildman–Crippen LogP) is 3.02. The normalized spacial score (nSPS) is 21.0. The zero-order chi connectivity index (χ0) is 16.5. The van der Waals surface area contributed by atoms with Gasteiger partial charge in [0.15, 0.2) is 0 Å². The van der Waals surface area contributed by atoms with Gasteiger partial charge in [-0.3, -0.25) is 4.79 Å². The first-order valence-electron chi connectivity index (χ1n) is 8.36. The molecule has 1 aromatic rings. The van der Waals surface area contributed by atoms with E-state index in [2.05, 4.69) is 6.58 Å². The summed E-state index contributed by atoms with van der Waals surface area (Å²) in [4.78, 5) is 14.3. The van der Waals surface area contributed by atoms with E-state index < -0.39 is 0 Å². The molecule has 1 amide bonds. The Hall–Kier alpha value is -1.81. The third-order valence-corrected chi connectivity index (χ3v) is 4.47. The highest BCUT2D eigenvalue weighted by Gasteiger charge is 2.35. The molecule has 1 saturated heterocycles. The van der Waals surface area contributed by atoms with Crippen molar-refractivity contribution in [3.63, 3.8) is 0 Å². The van der Waals surface area contributed by atoms with E-state index in [-0.39, 0.29) is 17.9 Å². The van der Waals surface area contributed by atoms with Crippen LogP contribution in [0, 0.1) is 5.41 Å². The maximum absolute atomic E-state index is 12.4. The molecule has 2 rings (SSSR count). The van der Waals surface area contributed by atoms with E-state index >= 15 is 0 Å². The minimum atomic E-state index is -0.198. The summed E-state index contributed by atoms with van der Waals surface area (Å²) >= 11 is 0. The van der Waals surface area contributed by atoms with Gasteiger partial charge in [0.25, 0.3) is 0 Å². The summed E-state index contributed by atoms with van der Waals surface area (Å²) in [7, 11) is 0. The molecule has 4 heteroatoms. The van der Waals surface area contributed by atoms with Gasteiger partial charge in [-0.25, -0.2) is 0 Å². The Morgan fingerprint density at radius 2 is 2.17 bits per heavy atom. The fourth-order valence-electron chi connectivity index (χ4n) is 3.18. The number of amides is 1. The summed E-state index contributed by atoms with van der Waals surface area (Å²) < 4.78 is 5.62. The van der Waals surface area contributed by atoms with Crippen molar-refractivity contribution >= 4 is 5.91 Å². The van der Waals surface area contributed by atoms with Gasteiger partial charge in [0, 0.05) is 24.9 Å². The minimum Gasteiger partial charge on any atom is -0.494 e. The number of hydrogen-bond donors (Lipinski definition) is 1. The van der Waals surface area contributed by atoms with Gasteiger partial charge in [0.2, 0.25) is 5.91 Å². The predicted molar refractivity (Wildman–Crippen MR) is 91.3 cm³/mol. The number of ether oxygens (including phenoxy) is 1. The third-order valence-electron chi connectivity index (χ3n) is 4.47. The molecule has 1 aliphatic rings. The van der Waals surface area contributed by atoms with Gasteiger partial charge in [-0.05, 0) is 37.8 Å². The smallest absolute Gasteiger partial charge is 0.222 e. The van der Waals surface area contributed by atoms with Crippen molar-refractivity contribution in [1.82, 2.24) is 4.90 Å². The van der Waals surface area contributed by atoms with Crippen molar-refractivity contribution < 1.29 is 14.6 Å². The number of allylic oxidation sites excluding steroid dienone is 1. The van der Waals surface area contributed by atoms with Crippen molar-refractivity contribution in [3.8, 4) is 5.75 Å². The molecular formula is C19H27NO3. The number of para-hydroxylation sites is 1.